The number of carbonyl (C=O) groups excluding carboxylic acids is 2. The lowest BCUT2D eigenvalue weighted by atomic mass is 10.1. The third-order valence-corrected chi connectivity index (χ3v) is 1.21. The third-order valence-electron chi connectivity index (χ3n) is 1.21. The van der Waals surface area contributed by atoms with Crippen molar-refractivity contribution < 1.29 is 9.59 Å². The Labute approximate surface area is 68.4 Å². The fraction of sp³-hybridized carbons (Fsp3) is 0. The fourth-order valence-electron chi connectivity index (χ4n) is 0.740. The number of carbonyl (C=O) groups is 2. The minimum absolute atomic E-state index is 0.0255. The van der Waals surface area contributed by atoms with E-state index in [4.69, 9.17) is 11.5 Å². The van der Waals surface area contributed by atoms with Gasteiger partial charge in [-0.05, 0) is 18.2 Å². The molecule has 5 heteroatoms. The van der Waals surface area contributed by atoms with Gasteiger partial charge in [0.15, 0.2) is 0 Å². The van der Waals surface area contributed by atoms with E-state index in [0.29, 0.717) is 5.70 Å². The van der Waals surface area contributed by atoms with E-state index in [9.17, 15) is 9.59 Å². The van der Waals surface area contributed by atoms with Gasteiger partial charge in [-0.3, -0.25) is 4.79 Å². The molecule has 0 fully saturated rings. The molecule has 12 heavy (non-hydrogen) atoms. The number of hydrogen-bond acceptors (Lipinski definition) is 3. The number of hydrogen-bond donors (Lipinski definition) is 2. The van der Waals surface area contributed by atoms with Crippen LogP contribution in [0.25, 0.3) is 0 Å². The van der Waals surface area contributed by atoms with Crippen LogP contribution in [0.5, 0.6) is 0 Å². The van der Waals surface area contributed by atoms with Gasteiger partial charge in [0.25, 0.3) is 0 Å². The molecule has 0 unspecified atom stereocenters. The van der Waals surface area contributed by atoms with Crippen molar-refractivity contribution in [1.82, 2.24) is 0 Å². The standard InChI is InChI=1S/C7H7N3O2/c8-4-1-2-6(11)5(3-4)10-7(9)12/h1-3H,8H2,(H2,9,12). The average Bonchev–Trinajstić information content (AvgIpc) is 1.96. The van der Waals surface area contributed by atoms with Crippen LogP contribution in [0.4, 0.5) is 4.79 Å². The number of nitrogens with zero attached hydrogens (tertiary/aromatic N) is 1. The predicted octanol–water partition coefficient (Wildman–Crippen LogP) is -0.512. The summed E-state index contributed by atoms with van der Waals surface area (Å²) < 4.78 is 0. The molecule has 1 rings (SSSR count). The zero-order valence-electron chi connectivity index (χ0n) is 6.15. The fourth-order valence-corrected chi connectivity index (χ4v) is 0.740. The monoisotopic (exact) mass is 165 g/mol. The van der Waals surface area contributed by atoms with Crippen molar-refractivity contribution in [2.45, 2.75) is 0 Å². The molecule has 0 aromatic heterocycles. The first kappa shape index (κ1) is 8.19. The summed E-state index contributed by atoms with van der Waals surface area (Å²) in [5, 5.41) is 0. The molecular formula is C7H7N3O2. The Morgan fingerprint density at radius 1 is 1.42 bits per heavy atom. The summed E-state index contributed by atoms with van der Waals surface area (Å²) in [6.07, 6.45) is 3.96. The Bertz CT molecular complexity index is 326. The Morgan fingerprint density at radius 2 is 2.08 bits per heavy atom. The van der Waals surface area contributed by atoms with Crippen LogP contribution in [0, 0.1) is 0 Å². The Kier molecular flexibility index (Phi) is 2.05. The van der Waals surface area contributed by atoms with Crippen LogP contribution in [-0.2, 0) is 4.79 Å². The second-order valence-corrected chi connectivity index (χ2v) is 2.18. The van der Waals surface area contributed by atoms with Gasteiger partial charge in [0, 0.05) is 5.70 Å². The van der Waals surface area contributed by atoms with Crippen molar-refractivity contribution >= 4 is 17.5 Å². The molecule has 5 nitrogen and oxygen atoms in total. The molecular weight excluding hydrogens is 158 g/mol. The minimum Gasteiger partial charge on any atom is -0.399 e. The molecule has 1 aliphatic rings. The lowest BCUT2D eigenvalue weighted by Gasteiger charge is -2.01. The van der Waals surface area contributed by atoms with E-state index in [1.807, 2.05) is 0 Å². The predicted molar refractivity (Wildman–Crippen MR) is 43.4 cm³/mol. The first-order chi connectivity index (χ1) is 5.59. The van der Waals surface area contributed by atoms with Crippen molar-refractivity contribution in [3.05, 3.63) is 23.9 Å². The largest absolute Gasteiger partial charge is 0.399 e. The van der Waals surface area contributed by atoms with E-state index in [1.165, 1.54) is 18.2 Å². The zero-order chi connectivity index (χ0) is 9.14. The number of urea groups is 1. The second-order valence-electron chi connectivity index (χ2n) is 2.18. The molecule has 0 aromatic carbocycles. The Balaban J connectivity index is 3.00. The minimum atomic E-state index is -0.905. The lowest BCUT2D eigenvalue weighted by molar-refractivity contribution is -0.108. The molecule has 0 saturated heterocycles. The molecule has 0 aromatic rings. The molecule has 4 N–H and O–H groups in total. The first-order valence-electron chi connectivity index (χ1n) is 3.17. The second kappa shape index (κ2) is 3.00. The van der Waals surface area contributed by atoms with Crippen molar-refractivity contribution in [3.63, 3.8) is 0 Å². The number of nitrogens with two attached hydrogens (primary N) is 2. The van der Waals surface area contributed by atoms with Gasteiger partial charge >= 0.3 is 6.03 Å². The van der Waals surface area contributed by atoms with E-state index in [0.717, 1.165) is 0 Å². The lowest BCUT2D eigenvalue weighted by Crippen LogP contribution is -2.18. The number of allylic oxidation sites excluding steroid dienone is 3. The molecule has 0 bridgehead atoms. The Morgan fingerprint density at radius 3 is 2.67 bits per heavy atom. The normalized spacial score (nSPS) is 19.5. The van der Waals surface area contributed by atoms with Crippen LogP contribution < -0.4 is 11.5 Å². The smallest absolute Gasteiger partial charge is 0.339 e. The highest BCUT2D eigenvalue weighted by atomic mass is 16.2. The van der Waals surface area contributed by atoms with Gasteiger partial charge in [0.2, 0.25) is 5.78 Å². The number of ketones is 1. The van der Waals surface area contributed by atoms with E-state index >= 15 is 0 Å². The van der Waals surface area contributed by atoms with Crippen LogP contribution in [0.3, 0.4) is 0 Å². The van der Waals surface area contributed by atoms with Crippen molar-refractivity contribution in [2.75, 3.05) is 0 Å². The average molecular weight is 165 g/mol. The van der Waals surface area contributed by atoms with Crippen molar-refractivity contribution in [3.8, 4) is 0 Å². The molecule has 62 valence electrons. The van der Waals surface area contributed by atoms with Crippen LogP contribution in [0.15, 0.2) is 28.9 Å². The molecule has 0 spiro atoms. The van der Waals surface area contributed by atoms with Gasteiger partial charge in [-0.1, -0.05) is 0 Å². The highest BCUT2D eigenvalue weighted by Gasteiger charge is 2.10. The van der Waals surface area contributed by atoms with Crippen molar-refractivity contribution in [2.24, 2.45) is 16.5 Å². The summed E-state index contributed by atoms with van der Waals surface area (Å²) in [4.78, 5) is 24.5. The summed E-state index contributed by atoms with van der Waals surface area (Å²) >= 11 is 0. The summed E-state index contributed by atoms with van der Waals surface area (Å²) in [5.74, 6) is -0.372. The molecule has 0 aliphatic heterocycles. The van der Waals surface area contributed by atoms with Gasteiger partial charge in [-0.25, -0.2) is 4.79 Å². The van der Waals surface area contributed by atoms with E-state index in [2.05, 4.69) is 4.99 Å². The number of primary amides is 1. The van der Waals surface area contributed by atoms with E-state index in [-0.39, 0.29) is 11.5 Å². The molecule has 0 atom stereocenters. The van der Waals surface area contributed by atoms with Gasteiger partial charge < -0.3 is 11.5 Å². The topological polar surface area (TPSA) is 98.5 Å². The molecule has 0 radical (unpaired) electrons. The van der Waals surface area contributed by atoms with E-state index < -0.39 is 6.03 Å². The highest BCUT2D eigenvalue weighted by Crippen LogP contribution is 2.00. The maximum absolute atomic E-state index is 10.9. The highest BCUT2D eigenvalue weighted by molar-refractivity contribution is 6.50. The quantitative estimate of drug-likeness (QED) is 0.473. The number of rotatable bonds is 0. The third kappa shape index (κ3) is 1.79. The van der Waals surface area contributed by atoms with Gasteiger partial charge in [-0.2, -0.15) is 4.99 Å². The van der Waals surface area contributed by atoms with E-state index in [1.54, 1.807) is 0 Å². The van der Waals surface area contributed by atoms with Crippen LogP contribution >= 0.6 is 0 Å². The molecule has 2 amide bonds. The van der Waals surface area contributed by atoms with Gasteiger partial charge in [0.1, 0.15) is 5.71 Å². The molecule has 1 aliphatic carbocycles. The first-order valence-corrected chi connectivity index (χ1v) is 3.17. The summed E-state index contributed by atoms with van der Waals surface area (Å²) in [6.45, 7) is 0. The van der Waals surface area contributed by atoms with Crippen molar-refractivity contribution in [1.29, 1.82) is 0 Å². The SMILES string of the molecule is NC(=O)N=C1C=C(N)C=CC1=O. The number of amides is 2. The van der Waals surface area contributed by atoms with Crippen LogP contribution in [-0.4, -0.2) is 17.5 Å². The van der Waals surface area contributed by atoms with Crippen LogP contribution in [0.1, 0.15) is 0 Å². The maximum Gasteiger partial charge on any atom is 0.339 e. The molecule has 0 saturated carbocycles. The van der Waals surface area contributed by atoms with Gasteiger partial charge in [0.05, 0.1) is 0 Å². The number of aliphatic imine (C=N–C) groups is 1. The van der Waals surface area contributed by atoms with Crippen LogP contribution in [0.2, 0.25) is 0 Å². The Hall–Kier alpha value is -1.91. The zero-order valence-corrected chi connectivity index (χ0v) is 6.15. The maximum atomic E-state index is 10.9. The summed E-state index contributed by atoms with van der Waals surface area (Å²) in [5.41, 5.74) is 10.5. The molecule has 0 heterocycles. The summed E-state index contributed by atoms with van der Waals surface area (Å²) in [7, 11) is 0. The van der Waals surface area contributed by atoms with Gasteiger partial charge in [-0.15, -0.1) is 0 Å². The summed E-state index contributed by atoms with van der Waals surface area (Å²) in [6, 6.07) is -0.905.